The molecule has 0 saturated heterocycles. The lowest BCUT2D eigenvalue weighted by Crippen LogP contribution is -2.20. The Hall–Kier alpha value is -1.15. The summed E-state index contributed by atoms with van der Waals surface area (Å²) in [4.78, 5) is 0. The van der Waals surface area contributed by atoms with Crippen molar-refractivity contribution in [3.8, 4) is 0 Å². The summed E-state index contributed by atoms with van der Waals surface area (Å²) >= 11 is 0. The number of likely N-dealkylation sites (N-methyl/N-ethyl adjacent to an activating group) is 1. The molecule has 1 N–H and O–H groups in total. The molecule has 82 valence electrons. The summed E-state index contributed by atoms with van der Waals surface area (Å²) in [5.41, 5.74) is 1.16. The molecule has 2 heteroatoms. The number of hydrogen-bond acceptors (Lipinski definition) is 1. The van der Waals surface area contributed by atoms with Gasteiger partial charge in [0.1, 0.15) is 5.82 Å². The van der Waals surface area contributed by atoms with E-state index in [2.05, 4.69) is 18.8 Å². The first-order valence-corrected chi connectivity index (χ1v) is 5.35. The van der Waals surface area contributed by atoms with Gasteiger partial charge in [-0.2, -0.15) is 0 Å². The zero-order chi connectivity index (χ0) is 11.1. The van der Waals surface area contributed by atoms with Gasteiger partial charge in [0.25, 0.3) is 0 Å². The largest absolute Gasteiger partial charge is 0.316 e. The molecule has 1 atom stereocenters. The van der Waals surface area contributed by atoms with E-state index in [-0.39, 0.29) is 5.82 Å². The van der Waals surface area contributed by atoms with Crippen LogP contribution in [0.5, 0.6) is 0 Å². The van der Waals surface area contributed by atoms with Crippen LogP contribution in [-0.4, -0.2) is 13.1 Å². The van der Waals surface area contributed by atoms with Crippen LogP contribution in [0.4, 0.5) is 4.39 Å². The number of halogens is 1. The number of allylic oxidation sites excluding steroid dienone is 1. The van der Waals surface area contributed by atoms with Gasteiger partial charge in [-0.1, -0.05) is 25.1 Å². The van der Waals surface area contributed by atoms with E-state index >= 15 is 0 Å². The Balaban J connectivity index is 2.69. The van der Waals surface area contributed by atoms with Gasteiger partial charge in [-0.15, -0.1) is 6.58 Å². The molecule has 0 unspecified atom stereocenters. The third kappa shape index (κ3) is 3.84. The predicted molar refractivity (Wildman–Crippen MR) is 62.5 cm³/mol. The van der Waals surface area contributed by atoms with Crippen molar-refractivity contribution in [3.63, 3.8) is 0 Å². The molecule has 0 spiro atoms. The van der Waals surface area contributed by atoms with Gasteiger partial charge < -0.3 is 5.32 Å². The molecule has 0 saturated carbocycles. The van der Waals surface area contributed by atoms with E-state index in [1.165, 1.54) is 12.1 Å². The van der Waals surface area contributed by atoms with Crippen LogP contribution in [0.1, 0.15) is 24.8 Å². The van der Waals surface area contributed by atoms with Gasteiger partial charge in [-0.25, -0.2) is 4.39 Å². The summed E-state index contributed by atoms with van der Waals surface area (Å²) in [6.45, 7) is 7.69. The lowest BCUT2D eigenvalue weighted by molar-refractivity contribution is 0.597. The second kappa shape index (κ2) is 6.36. The van der Waals surface area contributed by atoms with Crippen LogP contribution in [0, 0.1) is 5.82 Å². The minimum Gasteiger partial charge on any atom is -0.316 e. The molecule has 0 fully saturated rings. The minimum atomic E-state index is -0.181. The highest BCUT2D eigenvalue weighted by atomic mass is 19.1. The van der Waals surface area contributed by atoms with Crippen molar-refractivity contribution in [2.45, 2.75) is 19.3 Å². The number of nitrogens with one attached hydrogen (secondary N) is 1. The summed E-state index contributed by atoms with van der Waals surface area (Å²) < 4.78 is 12.8. The maximum Gasteiger partial charge on any atom is 0.123 e. The minimum absolute atomic E-state index is 0.181. The maximum absolute atomic E-state index is 12.8. The fraction of sp³-hybridized carbons (Fsp3) is 0.385. The van der Waals surface area contributed by atoms with E-state index < -0.39 is 0 Å². The summed E-state index contributed by atoms with van der Waals surface area (Å²) in [6.07, 6.45) is 2.82. The highest BCUT2D eigenvalue weighted by Crippen LogP contribution is 2.19. The van der Waals surface area contributed by atoms with Crippen LogP contribution < -0.4 is 5.32 Å². The Labute approximate surface area is 91.0 Å². The van der Waals surface area contributed by atoms with Crippen molar-refractivity contribution in [2.24, 2.45) is 0 Å². The zero-order valence-corrected chi connectivity index (χ0v) is 9.17. The Morgan fingerprint density at radius 3 is 2.60 bits per heavy atom. The van der Waals surface area contributed by atoms with Crippen LogP contribution in [0.2, 0.25) is 0 Å². The fourth-order valence-corrected chi connectivity index (χ4v) is 1.59. The van der Waals surface area contributed by atoms with E-state index in [1.54, 1.807) is 0 Å². The Morgan fingerprint density at radius 2 is 2.07 bits per heavy atom. The molecule has 0 heterocycles. The summed E-state index contributed by atoms with van der Waals surface area (Å²) in [6, 6.07) is 6.72. The molecule has 0 aromatic heterocycles. The molecule has 15 heavy (non-hydrogen) atoms. The van der Waals surface area contributed by atoms with E-state index in [0.717, 1.165) is 25.1 Å². The first kappa shape index (κ1) is 11.9. The molecule has 0 amide bonds. The molecule has 1 nitrogen and oxygen atoms in total. The number of benzene rings is 1. The molecule has 1 aromatic rings. The standard InChI is InChI=1S/C13H18FN/c1-3-5-12(10-15-4-2)11-6-8-13(14)9-7-11/h3,6-9,12,15H,1,4-5,10H2,2H3/t12-/m1/s1. The normalized spacial score (nSPS) is 12.4. The first-order valence-electron chi connectivity index (χ1n) is 5.35. The van der Waals surface area contributed by atoms with Crippen LogP contribution in [0.25, 0.3) is 0 Å². The number of hydrogen-bond donors (Lipinski definition) is 1. The quantitative estimate of drug-likeness (QED) is 0.707. The Morgan fingerprint density at radius 1 is 1.40 bits per heavy atom. The second-order valence-corrected chi connectivity index (χ2v) is 3.58. The molecule has 0 aliphatic rings. The molecule has 0 aliphatic heterocycles. The zero-order valence-electron chi connectivity index (χ0n) is 9.17. The Kier molecular flexibility index (Phi) is 5.05. The van der Waals surface area contributed by atoms with Gasteiger partial charge in [0.2, 0.25) is 0 Å². The molecule has 0 radical (unpaired) electrons. The molecule has 1 rings (SSSR count). The van der Waals surface area contributed by atoms with E-state index in [1.807, 2.05) is 18.2 Å². The highest BCUT2D eigenvalue weighted by Gasteiger charge is 2.08. The van der Waals surface area contributed by atoms with Crippen molar-refractivity contribution in [1.82, 2.24) is 5.32 Å². The smallest absolute Gasteiger partial charge is 0.123 e. The van der Waals surface area contributed by atoms with Crippen LogP contribution in [0.15, 0.2) is 36.9 Å². The predicted octanol–water partition coefficient (Wildman–Crippen LogP) is 3.09. The van der Waals surface area contributed by atoms with Gasteiger partial charge in [-0.05, 0) is 36.6 Å². The van der Waals surface area contributed by atoms with Gasteiger partial charge >= 0.3 is 0 Å². The topological polar surface area (TPSA) is 12.0 Å². The van der Waals surface area contributed by atoms with E-state index in [9.17, 15) is 4.39 Å². The maximum atomic E-state index is 12.8. The highest BCUT2D eigenvalue weighted by molar-refractivity contribution is 5.21. The monoisotopic (exact) mass is 207 g/mol. The lowest BCUT2D eigenvalue weighted by Gasteiger charge is -2.15. The second-order valence-electron chi connectivity index (χ2n) is 3.58. The molecule has 0 bridgehead atoms. The summed E-state index contributed by atoms with van der Waals surface area (Å²) in [5.74, 6) is 0.211. The van der Waals surface area contributed by atoms with E-state index in [4.69, 9.17) is 0 Å². The first-order chi connectivity index (χ1) is 7.27. The van der Waals surface area contributed by atoms with Crippen molar-refractivity contribution in [1.29, 1.82) is 0 Å². The Bertz CT molecular complexity index is 292. The van der Waals surface area contributed by atoms with Gasteiger partial charge in [-0.3, -0.25) is 0 Å². The third-order valence-corrected chi connectivity index (χ3v) is 2.43. The van der Waals surface area contributed by atoms with Crippen molar-refractivity contribution in [2.75, 3.05) is 13.1 Å². The average molecular weight is 207 g/mol. The average Bonchev–Trinajstić information content (AvgIpc) is 2.25. The van der Waals surface area contributed by atoms with Crippen molar-refractivity contribution >= 4 is 0 Å². The van der Waals surface area contributed by atoms with Gasteiger partial charge in [0, 0.05) is 6.54 Å². The fourth-order valence-electron chi connectivity index (χ4n) is 1.59. The van der Waals surface area contributed by atoms with Crippen LogP contribution >= 0.6 is 0 Å². The van der Waals surface area contributed by atoms with Gasteiger partial charge in [0.15, 0.2) is 0 Å². The SMILES string of the molecule is C=CC[C@H](CNCC)c1ccc(F)cc1. The van der Waals surface area contributed by atoms with Crippen LogP contribution in [-0.2, 0) is 0 Å². The third-order valence-electron chi connectivity index (χ3n) is 2.43. The van der Waals surface area contributed by atoms with Crippen LogP contribution in [0.3, 0.4) is 0 Å². The molecule has 0 aliphatic carbocycles. The summed E-state index contributed by atoms with van der Waals surface area (Å²) in [7, 11) is 0. The lowest BCUT2D eigenvalue weighted by atomic mass is 9.95. The van der Waals surface area contributed by atoms with E-state index in [0.29, 0.717) is 5.92 Å². The number of rotatable bonds is 6. The van der Waals surface area contributed by atoms with Crippen molar-refractivity contribution in [3.05, 3.63) is 48.3 Å². The molecule has 1 aromatic carbocycles. The van der Waals surface area contributed by atoms with Gasteiger partial charge in [0.05, 0.1) is 0 Å². The molecular weight excluding hydrogens is 189 g/mol. The summed E-state index contributed by atoms with van der Waals surface area (Å²) in [5, 5.41) is 3.30. The molecular formula is C13H18FN. The van der Waals surface area contributed by atoms with Crippen molar-refractivity contribution < 1.29 is 4.39 Å².